The summed E-state index contributed by atoms with van der Waals surface area (Å²) in [7, 11) is -3.71. The summed E-state index contributed by atoms with van der Waals surface area (Å²) in [5.74, 6) is 0.634. The first-order valence-electron chi connectivity index (χ1n) is 5.56. The van der Waals surface area contributed by atoms with E-state index in [4.69, 9.17) is 9.88 Å². The van der Waals surface area contributed by atoms with Gasteiger partial charge < -0.3 is 4.74 Å². The van der Waals surface area contributed by atoms with Gasteiger partial charge in [-0.15, -0.1) is 0 Å². The quantitative estimate of drug-likeness (QED) is 0.849. The van der Waals surface area contributed by atoms with Gasteiger partial charge in [0.1, 0.15) is 5.75 Å². The van der Waals surface area contributed by atoms with Gasteiger partial charge in [0, 0.05) is 0 Å². The van der Waals surface area contributed by atoms with Gasteiger partial charge in [-0.2, -0.15) is 0 Å². The average molecular weight is 399 g/mol. The second kappa shape index (κ2) is 5.48. The number of rotatable bonds is 3. The van der Waals surface area contributed by atoms with Crippen LogP contribution in [0.1, 0.15) is 25.7 Å². The van der Waals surface area contributed by atoms with Crippen molar-refractivity contribution in [1.82, 2.24) is 0 Å². The highest BCUT2D eigenvalue weighted by atomic mass is 79.9. The van der Waals surface area contributed by atoms with Crippen LogP contribution in [0.25, 0.3) is 0 Å². The van der Waals surface area contributed by atoms with Crippen molar-refractivity contribution >= 4 is 41.9 Å². The van der Waals surface area contributed by atoms with E-state index in [0.717, 1.165) is 12.8 Å². The van der Waals surface area contributed by atoms with Crippen molar-refractivity contribution in [2.24, 2.45) is 5.14 Å². The van der Waals surface area contributed by atoms with Gasteiger partial charge in [0.2, 0.25) is 10.0 Å². The number of benzene rings is 1. The molecule has 0 bridgehead atoms. The number of hydrogen-bond acceptors (Lipinski definition) is 3. The Labute approximate surface area is 123 Å². The first kappa shape index (κ1) is 14.3. The molecule has 1 saturated carbocycles. The van der Waals surface area contributed by atoms with Crippen LogP contribution >= 0.6 is 31.9 Å². The summed E-state index contributed by atoms with van der Waals surface area (Å²) in [5.41, 5.74) is 0. The highest BCUT2D eigenvalue weighted by molar-refractivity contribution is 9.11. The van der Waals surface area contributed by atoms with Crippen LogP contribution in [0, 0.1) is 0 Å². The maximum Gasteiger partial charge on any atom is 0.238 e. The zero-order valence-corrected chi connectivity index (χ0v) is 13.5. The van der Waals surface area contributed by atoms with Gasteiger partial charge in [-0.05, 0) is 69.7 Å². The monoisotopic (exact) mass is 397 g/mol. The number of hydrogen-bond donors (Lipinski definition) is 1. The summed E-state index contributed by atoms with van der Waals surface area (Å²) in [5, 5.41) is 5.10. The zero-order chi connectivity index (χ0) is 13.3. The molecular weight excluding hydrogens is 386 g/mol. The van der Waals surface area contributed by atoms with Gasteiger partial charge in [0.25, 0.3) is 0 Å². The Morgan fingerprint density at radius 2 is 1.67 bits per heavy atom. The molecule has 4 nitrogen and oxygen atoms in total. The van der Waals surface area contributed by atoms with E-state index >= 15 is 0 Å². The highest BCUT2D eigenvalue weighted by Crippen LogP contribution is 2.38. The lowest BCUT2D eigenvalue weighted by molar-refractivity contribution is 0.207. The van der Waals surface area contributed by atoms with Crippen molar-refractivity contribution in [3.05, 3.63) is 21.1 Å². The Morgan fingerprint density at radius 1 is 1.17 bits per heavy atom. The van der Waals surface area contributed by atoms with E-state index in [0.29, 0.717) is 14.7 Å². The molecule has 18 heavy (non-hydrogen) atoms. The second-order valence-corrected chi connectivity index (χ2v) is 7.56. The number of sulfonamides is 1. The van der Waals surface area contributed by atoms with E-state index in [9.17, 15) is 8.42 Å². The molecule has 2 N–H and O–H groups in total. The Kier molecular flexibility index (Phi) is 4.36. The SMILES string of the molecule is NS(=O)(=O)c1cc(Br)c(OC2CCCC2)c(Br)c1. The molecule has 0 aliphatic heterocycles. The van der Waals surface area contributed by atoms with Crippen LogP contribution in [-0.2, 0) is 10.0 Å². The summed E-state index contributed by atoms with van der Waals surface area (Å²) >= 11 is 6.65. The molecule has 0 amide bonds. The average Bonchev–Trinajstić information content (AvgIpc) is 2.74. The summed E-state index contributed by atoms with van der Waals surface area (Å²) in [6.45, 7) is 0. The van der Waals surface area contributed by atoms with Crippen molar-refractivity contribution in [1.29, 1.82) is 0 Å². The smallest absolute Gasteiger partial charge is 0.238 e. The molecule has 100 valence electrons. The number of ether oxygens (including phenoxy) is 1. The second-order valence-electron chi connectivity index (χ2n) is 4.29. The molecule has 0 radical (unpaired) electrons. The van der Waals surface area contributed by atoms with Crippen LogP contribution in [-0.4, -0.2) is 14.5 Å². The summed E-state index contributed by atoms with van der Waals surface area (Å²) in [4.78, 5) is 0.0556. The fourth-order valence-electron chi connectivity index (χ4n) is 1.99. The molecule has 1 aromatic carbocycles. The number of primary sulfonamides is 1. The maximum atomic E-state index is 11.3. The molecule has 1 aromatic rings. The Bertz CT molecular complexity index is 530. The molecule has 1 aliphatic carbocycles. The molecule has 0 unspecified atom stereocenters. The van der Waals surface area contributed by atoms with E-state index < -0.39 is 10.0 Å². The Morgan fingerprint density at radius 3 is 2.11 bits per heavy atom. The molecule has 7 heteroatoms. The minimum atomic E-state index is -3.71. The molecule has 0 spiro atoms. The number of halogens is 2. The summed E-state index contributed by atoms with van der Waals surface area (Å²) < 4.78 is 29.6. The number of nitrogens with two attached hydrogens (primary N) is 1. The minimum Gasteiger partial charge on any atom is -0.488 e. The fraction of sp³-hybridized carbons (Fsp3) is 0.455. The Balaban J connectivity index is 2.32. The van der Waals surface area contributed by atoms with Crippen LogP contribution < -0.4 is 9.88 Å². The molecular formula is C11H13Br2NO3S. The first-order chi connectivity index (χ1) is 8.38. The minimum absolute atomic E-state index is 0.0556. The van der Waals surface area contributed by atoms with Gasteiger partial charge in [0.05, 0.1) is 19.9 Å². The third-order valence-corrected chi connectivity index (χ3v) is 4.96. The lowest BCUT2D eigenvalue weighted by atomic mass is 10.3. The predicted molar refractivity (Wildman–Crippen MR) is 76.1 cm³/mol. The van der Waals surface area contributed by atoms with Crippen LogP contribution in [0.2, 0.25) is 0 Å². The summed E-state index contributed by atoms with van der Waals surface area (Å²) in [6.07, 6.45) is 4.63. The van der Waals surface area contributed by atoms with Crippen LogP contribution in [0.5, 0.6) is 5.75 Å². The molecule has 1 aliphatic rings. The van der Waals surface area contributed by atoms with E-state index in [1.807, 2.05) is 0 Å². The van der Waals surface area contributed by atoms with Gasteiger partial charge >= 0.3 is 0 Å². The van der Waals surface area contributed by atoms with Gasteiger partial charge in [-0.25, -0.2) is 13.6 Å². The van der Waals surface area contributed by atoms with Crippen LogP contribution in [0.4, 0.5) is 0 Å². The fourth-order valence-corrected chi connectivity index (χ4v) is 4.23. The first-order valence-corrected chi connectivity index (χ1v) is 8.69. The van der Waals surface area contributed by atoms with Crippen molar-refractivity contribution < 1.29 is 13.2 Å². The molecule has 1 fully saturated rings. The Hall–Kier alpha value is -0.110. The normalized spacial score (nSPS) is 17.1. The van der Waals surface area contributed by atoms with E-state index in [2.05, 4.69) is 31.9 Å². The van der Waals surface area contributed by atoms with Crippen molar-refractivity contribution in [3.8, 4) is 5.75 Å². The topological polar surface area (TPSA) is 69.4 Å². The largest absolute Gasteiger partial charge is 0.488 e. The van der Waals surface area contributed by atoms with Crippen LogP contribution in [0.3, 0.4) is 0 Å². The lowest BCUT2D eigenvalue weighted by Gasteiger charge is -2.16. The zero-order valence-electron chi connectivity index (χ0n) is 9.53. The van der Waals surface area contributed by atoms with Gasteiger partial charge in [-0.3, -0.25) is 0 Å². The standard InChI is InChI=1S/C11H13Br2NO3S/c12-9-5-8(18(14,15)16)6-10(13)11(9)17-7-3-1-2-4-7/h5-7H,1-4H2,(H2,14,15,16). The summed E-state index contributed by atoms with van der Waals surface area (Å²) in [6, 6.07) is 2.93. The van der Waals surface area contributed by atoms with Crippen molar-refractivity contribution in [2.75, 3.05) is 0 Å². The van der Waals surface area contributed by atoms with Gasteiger partial charge in [0.15, 0.2) is 0 Å². The molecule has 2 rings (SSSR count). The van der Waals surface area contributed by atoms with Gasteiger partial charge in [-0.1, -0.05) is 0 Å². The van der Waals surface area contributed by atoms with E-state index in [1.165, 1.54) is 25.0 Å². The third-order valence-electron chi connectivity index (χ3n) is 2.89. The van der Waals surface area contributed by atoms with Crippen LogP contribution in [0.15, 0.2) is 26.0 Å². The van der Waals surface area contributed by atoms with Crippen molar-refractivity contribution in [2.45, 2.75) is 36.7 Å². The van der Waals surface area contributed by atoms with E-state index in [1.54, 1.807) is 0 Å². The maximum absolute atomic E-state index is 11.3. The molecule has 0 saturated heterocycles. The van der Waals surface area contributed by atoms with E-state index in [-0.39, 0.29) is 11.0 Å². The van der Waals surface area contributed by atoms with Crippen molar-refractivity contribution in [3.63, 3.8) is 0 Å². The molecule has 0 aromatic heterocycles. The predicted octanol–water partition coefficient (Wildman–Crippen LogP) is 3.18. The lowest BCUT2D eigenvalue weighted by Crippen LogP contribution is -2.14. The molecule has 0 heterocycles. The molecule has 0 atom stereocenters. The third kappa shape index (κ3) is 3.26. The highest BCUT2D eigenvalue weighted by Gasteiger charge is 2.21.